The van der Waals surface area contributed by atoms with Gasteiger partial charge in [-0.3, -0.25) is 0 Å². The average molecular weight is 362 g/mol. The summed E-state index contributed by atoms with van der Waals surface area (Å²) in [7, 11) is 0. The van der Waals surface area contributed by atoms with Crippen molar-refractivity contribution in [1.29, 1.82) is 0 Å². The highest BCUT2D eigenvalue weighted by Gasteiger charge is 2.41. The fraction of sp³-hybridized carbons (Fsp3) is 0.714. The highest BCUT2D eigenvalue weighted by Crippen LogP contribution is 2.55. The third kappa shape index (κ3) is 4.34. The van der Waals surface area contributed by atoms with E-state index in [1.165, 1.54) is 82.3 Å². The van der Waals surface area contributed by atoms with E-state index < -0.39 is 0 Å². The topological polar surface area (TPSA) is 3.24 Å². The Morgan fingerprint density at radius 2 is 1.75 bits per heavy atom. The Morgan fingerprint density at radius 3 is 2.50 bits per heavy atom. The highest BCUT2D eigenvalue weighted by atomic mass is 32.2. The molecule has 0 bridgehead atoms. The minimum absolute atomic E-state index is 0.620. The van der Waals surface area contributed by atoms with Crippen molar-refractivity contribution >= 4 is 23.5 Å². The minimum atomic E-state index is 0.620. The van der Waals surface area contributed by atoms with Gasteiger partial charge in [-0.2, -0.15) is 0 Å². The summed E-state index contributed by atoms with van der Waals surface area (Å²) in [6.07, 6.45) is 11.4. The molecule has 1 spiro atoms. The number of thioether (sulfide) groups is 2. The van der Waals surface area contributed by atoms with Crippen LogP contribution in [0.5, 0.6) is 0 Å². The van der Waals surface area contributed by atoms with Crippen molar-refractivity contribution in [3.63, 3.8) is 0 Å². The van der Waals surface area contributed by atoms with Gasteiger partial charge in [0.05, 0.1) is 4.08 Å². The summed E-state index contributed by atoms with van der Waals surface area (Å²) < 4.78 is 0.620. The number of likely N-dealkylation sites (tertiary alicyclic amines) is 1. The molecule has 0 amide bonds. The molecule has 0 N–H and O–H groups in total. The van der Waals surface area contributed by atoms with Crippen LogP contribution in [0.3, 0.4) is 0 Å². The molecule has 3 heteroatoms. The monoisotopic (exact) mass is 361 g/mol. The standard InChI is InChI=1S/C21H31NS2/c1-3-7-18(8-4-1)15-19-9-13-22(14-10-19)16-20-17-23-21(24-20)11-5-2-6-12-21/h1,3-4,7-8,19-20H,2,5-6,9-17H2. The Kier molecular flexibility index (Phi) is 5.81. The molecule has 1 aromatic rings. The first kappa shape index (κ1) is 17.3. The zero-order chi connectivity index (χ0) is 16.2. The molecule has 1 aromatic carbocycles. The van der Waals surface area contributed by atoms with Gasteiger partial charge in [-0.15, -0.1) is 23.5 Å². The fourth-order valence-corrected chi connectivity index (χ4v) is 8.62. The second-order valence-electron chi connectivity index (χ2n) is 7.96. The van der Waals surface area contributed by atoms with Gasteiger partial charge in [-0.05, 0) is 56.7 Å². The molecule has 1 nitrogen and oxygen atoms in total. The molecule has 1 saturated carbocycles. The van der Waals surface area contributed by atoms with Crippen LogP contribution < -0.4 is 0 Å². The van der Waals surface area contributed by atoms with E-state index in [1.54, 1.807) is 0 Å². The van der Waals surface area contributed by atoms with Gasteiger partial charge in [0.15, 0.2) is 0 Å². The highest BCUT2D eigenvalue weighted by molar-refractivity contribution is 8.21. The van der Waals surface area contributed by atoms with Gasteiger partial charge in [0.25, 0.3) is 0 Å². The van der Waals surface area contributed by atoms with Gasteiger partial charge < -0.3 is 4.90 Å². The van der Waals surface area contributed by atoms with E-state index in [2.05, 4.69) is 58.8 Å². The third-order valence-electron chi connectivity index (χ3n) is 6.07. The molecule has 2 saturated heterocycles. The molecule has 2 aliphatic heterocycles. The van der Waals surface area contributed by atoms with Crippen molar-refractivity contribution < 1.29 is 0 Å². The van der Waals surface area contributed by atoms with E-state index in [0.29, 0.717) is 4.08 Å². The van der Waals surface area contributed by atoms with E-state index in [1.807, 2.05) is 0 Å². The maximum absolute atomic E-state index is 2.77. The van der Waals surface area contributed by atoms with E-state index >= 15 is 0 Å². The number of rotatable bonds is 4. The van der Waals surface area contributed by atoms with Crippen LogP contribution in [0.15, 0.2) is 30.3 Å². The molecule has 3 fully saturated rings. The SMILES string of the molecule is c1ccc(CC2CCN(CC3CSC4(CCCCC4)S3)CC2)cc1. The molecule has 0 radical (unpaired) electrons. The summed E-state index contributed by atoms with van der Waals surface area (Å²) in [5.74, 6) is 2.30. The Hall–Kier alpha value is -0.120. The van der Waals surface area contributed by atoms with Gasteiger partial charge in [0.1, 0.15) is 0 Å². The molecule has 2 heterocycles. The molecule has 3 aliphatic rings. The van der Waals surface area contributed by atoms with Crippen molar-refractivity contribution in [2.75, 3.05) is 25.4 Å². The summed E-state index contributed by atoms with van der Waals surface area (Å²) in [5, 5.41) is 0.888. The predicted molar refractivity (Wildman–Crippen MR) is 109 cm³/mol. The first-order valence-corrected chi connectivity index (χ1v) is 11.8. The molecule has 1 atom stereocenters. The molecule has 0 aromatic heterocycles. The second kappa shape index (κ2) is 8.05. The van der Waals surface area contributed by atoms with Crippen molar-refractivity contribution in [2.45, 2.75) is 60.7 Å². The molecule has 4 rings (SSSR count). The van der Waals surface area contributed by atoms with Gasteiger partial charge in [0.2, 0.25) is 0 Å². The van der Waals surface area contributed by atoms with Crippen LogP contribution in [-0.4, -0.2) is 39.6 Å². The van der Waals surface area contributed by atoms with Gasteiger partial charge in [0, 0.05) is 17.5 Å². The van der Waals surface area contributed by atoms with Crippen LogP contribution >= 0.6 is 23.5 Å². The molecule has 132 valence electrons. The summed E-state index contributed by atoms with van der Waals surface area (Å²) >= 11 is 4.65. The minimum Gasteiger partial charge on any atom is -0.302 e. The Labute approximate surface area is 156 Å². The average Bonchev–Trinajstić information content (AvgIpc) is 3.00. The van der Waals surface area contributed by atoms with Crippen LogP contribution in [0.4, 0.5) is 0 Å². The summed E-state index contributed by atoms with van der Waals surface area (Å²) in [5.41, 5.74) is 1.53. The maximum Gasteiger partial charge on any atom is 0.0615 e. The van der Waals surface area contributed by atoms with Crippen LogP contribution in [0.2, 0.25) is 0 Å². The fourth-order valence-electron chi connectivity index (χ4n) is 4.67. The van der Waals surface area contributed by atoms with Crippen LogP contribution in [0, 0.1) is 5.92 Å². The summed E-state index contributed by atoms with van der Waals surface area (Å²) in [6.45, 7) is 4.00. The molecule has 24 heavy (non-hydrogen) atoms. The smallest absolute Gasteiger partial charge is 0.0615 e. The second-order valence-corrected chi connectivity index (χ2v) is 11.3. The number of piperidine rings is 1. The maximum atomic E-state index is 2.77. The molecule has 1 aliphatic carbocycles. The number of hydrogen-bond donors (Lipinski definition) is 0. The Morgan fingerprint density at radius 1 is 1.00 bits per heavy atom. The first-order chi connectivity index (χ1) is 11.8. The Balaban J connectivity index is 1.21. The van der Waals surface area contributed by atoms with Gasteiger partial charge in [-0.25, -0.2) is 0 Å². The van der Waals surface area contributed by atoms with Crippen molar-refractivity contribution in [2.24, 2.45) is 5.92 Å². The van der Waals surface area contributed by atoms with Crippen LogP contribution in [0.1, 0.15) is 50.5 Å². The lowest BCUT2D eigenvalue weighted by atomic mass is 9.90. The number of hydrogen-bond acceptors (Lipinski definition) is 3. The first-order valence-electron chi connectivity index (χ1n) is 9.89. The van der Waals surface area contributed by atoms with Crippen molar-refractivity contribution in [1.82, 2.24) is 4.90 Å². The molecular weight excluding hydrogens is 330 g/mol. The van der Waals surface area contributed by atoms with Gasteiger partial charge in [-0.1, -0.05) is 49.6 Å². The van der Waals surface area contributed by atoms with Crippen molar-refractivity contribution in [3.05, 3.63) is 35.9 Å². The molecule has 1 unspecified atom stereocenters. The normalized spacial score (nSPS) is 28.4. The summed E-state index contributed by atoms with van der Waals surface area (Å²) in [4.78, 5) is 2.77. The van der Waals surface area contributed by atoms with E-state index in [9.17, 15) is 0 Å². The Bertz CT molecular complexity index is 504. The summed E-state index contributed by atoms with van der Waals surface area (Å²) in [6, 6.07) is 11.1. The van der Waals surface area contributed by atoms with E-state index in [4.69, 9.17) is 0 Å². The lowest BCUT2D eigenvalue weighted by molar-refractivity contribution is 0.186. The lowest BCUT2D eigenvalue weighted by Gasteiger charge is -2.35. The van der Waals surface area contributed by atoms with Gasteiger partial charge >= 0.3 is 0 Å². The van der Waals surface area contributed by atoms with Crippen LogP contribution in [0.25, 0.3) is 0 Å². The number of benzene rings is 1. The quantitative estimate of drug-likeness (QED) is 0.702. The van der Waals surface area contributed by atoms with E-state index in [-0.39, 0.29) is 0 Å². The van der Waals surface area contributed by atoms with E-state index in [0.717, 1.165) is 11.2 Å². The third-order valence-corrected chi connectivity index (χ3v) is 9.91. The zero-order valence-electron chi connectivity index (χ0n) is 14.8. The predicted octanol–water partition coefficient (Wildman–Crippen LogP) is 5.45. The van der Waals surface area contributed by atoms with Crippen LogP contribution in [-0.2, 0) is 6.42 Å². The molecular formula is C21H31NS2. The zero-order valence-corrected chi connectivity index (χ0v) is 16.4. The lowest BCUT2D eigenvalue weighted by Crippen LogP contribution is -2.38. The van der Waals surface area contributed by atoms with Crippen molar-refractivity contribution in [3.8, 4) is 0 Å². The number of nitrogens with zero attached hydrogens (tertiary/aromatic N) is 1. The largest absolute Gasteiger partial charge is 0.302 e.